The lowest BCUT2D eigenvalue weighted by Crippen LogP contribution is -2.19. The van der Waals surface area contributed by atoms with Crippen LogP contribution in [0.3, 0.4) is 0 Å². The van der Waals surface area contributed by atoms with Crippen LogP contribution in [-0.4, -0.2) is 36.2 Å². The Morgan fingerprint density at radius 1 is 0.613 bits per heavy atom. The minimum absolute atomic E-state index is 0.0874. The topological polar surface area (TPSA) is 120 Å². The Morgan fingerprint density at radius 3 is 1.65 bits per heavy atom. The van der Waals surface area contributed by atoms with Crippen LogP contribution in [0.2, 0.25) is 0 Å². The first kappa shape index (κ1) is 29.6. The van der Waals surface area contributed by atoms with Crippen molar-refractivity contribution in [2.45, 2.75) is 116 Å². The molecule has 180 valence electrons. The Hall–Kier alpha value is -1.40. The maximum atomic E-state index is 12.7. The van der Waals surface area contributed by atoms with Crippen molar-refractivity contribution in [1.29, 1.82) is 0 Å². The first-order chi connectivity index (χ1) is 14.9. The van der Waals surface area contributed by atoms with Crippen LogP contribution in [0.25, 0.3) is 0 Å². The van der Waals surface area contributed by atoms with E-state index in [1.165, 1.54) is 0 Å². The number of carbonyl (C=O) groups is 4. The van der Waals surface area contributed by atoms with Crippen LogP contribution < -0.4 is 11.5 Å². The van der Waals surface area contributed by atoms with Gasteiger partial charge >= 0.3 is 0 Å². The van der Waals surface area contributed by atoms with Gasteiger partial charge in [-0.15, -0.1) is 0 Å². The molecule has 1 atom stereocenters. The second-order valence-corrected chi connectivity index (χ2v) is 8.65. The smallest absolute Gasteiger partial charge is 0.146 e. The quantitative estimate of drug-likeness (QED) is 0.227. The second-order valence-electron chi connectivity index (χ2n) is 8.65. The van der Waals surface area contributed by atoms with E-state index in [0.717, 1.165) is 70.6 Å². The van der Waals surface area contributed by atoms with Crippen LogP contribution in [-0.2, 0) is 19.2 Å². The molecule has 0 saturated heterocycles. The molecule has 0 aromatic heterocycles. The van der Waals surface area contributed by atoms with Crippen molar-refractivity contribution < 1.29 is 19.2 Å². The molecule has 0 heterocycles. The van der Waals surface area contributed by atoms with Crippen LogP contribution in [0.4, 0.5) is 0 Å². The Bertz CT molecular complexity index is 520. The molecule has 6 nitrogen and oxygen atoms in total. The highest BCUT2D eigenvalue weighted by Gasteiger charge is 2.20. The van der Waals surface area contributed by atoms with Gasteiger partial charge in [0.05, 0.1) is 6.54 Å². The number of nitrogens with two attached hydrogens (primary N) is 2. The van der Waals surface area contributed by atoms with Gasteiger partial charge in [0.15, 0.2) is 0 Å². The molecule has 0 rings (SSSR count). The van der Waals surface area contributed by atoms with Crippen molar-refractivity contribution in [3.63, 3.8) is 0 Å². The molecule has 0 aliphatic carbocycles. The lowest BCUT2D eigenvalue weighted by molar-refractivity contribution is -0.128. The number of carbonyl (C=O) groups excluding carboxylic acids is 4. The first-order valence-electron chi connectivity index (χ1n) is 12.4. The van der Waals surface area contributed by atoms with Crippen molar-refractivity contribution in [3.8, 4) is 0 Å². The Kier molecular flexibility index (Phi) is 19.6. The van der Waals surface area contributed by atoms with Crippen LogP contribution in [0.15, 0.2) is 0 Å². The predicted molar refractivity (Wildman–Crippen MR) is 126 cm³/mol. The molecule has 0 spiro atoms. The van der Waals surface area contributed by atoms with E-state index in [0.29, 0.717) is 50.9 Å². The van der Waals surface area contributed by atoms with E-state index in [1.807, 2.05) is 6.92 Å². The van der Waals surface area contributed by atoms with E-state index in [-0.39, 0.29) is 29.8 Å². The third-order valence-electron chi connectivity index (χ3n) is 5.85. The monoisotopic (exact) mass is 438 g/mol. The summed E-state index contributed by atoms with van der Waals surface area (Å²) in [7, 11) is 0. The van der Waals surface area contributed by atoms with Crippen LogP contribution in [0.5, 0.6) is 0 Å². The van der Waals surface area contributed by atoms with Gasteiger partial charge in [-0.2, -0.15) is 0 Å². The van der Waals surface area contributed by atoms with Gasteiger partial charge in [0.1, 0.15) is 23.1 Å². The summed E-state index contributed by atoms with van der Waals surface area (Å²) in [6.45, 7) is 2.60. The SMILES string of the molecule is CCC(=O)CCCCCCC(=O)C(CCCCN)CC(=O)CCCCCCC(=O)CN. The number of rotatable bonds is 23. The van der Waals surface area contributed by atoms with Crippen LogP contribution in [0.1, 0.15) is 116 Å². The van der Waals surface area contributed by atoms with Crippen molar-refractivity contribution >= 4 is 23.1 Å². The van der Waals surface area contributed by atoms with Gasteiger partial charge < -0.3 is 11.5 Å². The highest BCUT2D eigenvalue weighted by atomic mass is 16.1. The van der Waals surface area contributed by atoms with Gasteiger partial charge in [0.25, 0.3) is 0 Å². The largest absolute Gasteiger partial charge is 0.330 e. The zero-order valence-corrected chi connectivity index (χ0v) is 19.8. The van der Waals surface area contributed by atoms with Crippen molar-refractivity contribution in [1.82, 2.24) is 0 Å². The Balaban J connectivity index is 4.16. The molecule has 0 amide bonds. The maximum absolute atomic E-state index is 12.7. The minimum atomic E-state index is -0.178. The molecule has 0 aliphatic rings. The Labute approximate surface area is 189 Å². The maximum Gasteiger partial charge on any atom is 0.146 e. The van der Waals surface area contributed by atoms with Gasteiger partial charge in [-0.05, 0) is 45.1 Å². The summed E-state index contributed by atoms with van der Waals surface area (Å²) in [4.78, 5) is 47.6. The summed E-state index contributed by atoms with van der Waals surface area (Å²) in [5, 5.41) is 0. The van der Waals surface area contributed by atoms with E-state index in [1.54, 1.807) is 0 Å². The number of hydrogen-bond acceptors (Lipinski definition) is 6. The highest BCUT2D eigenvalue weighted by molar-refractivity contribution is 5.88. The molecule has 0 radical (unpaired) electrons. The molecule has 31 heavy (non-hydrogen) atoms. The molecule has 0 saturated carbocycles. The molecular formula is C25H46N2O4. The summed E-state index contributed by atoms with van der Waals surface area (Å²) < 4.78 is 0. The van der Waals surface area contributed by atoms with Gasteiger partial charge in [-0.3, -0.25) is 19.2 Å². The molecule has 6 heteroatoms. The summed E-state index contributed by atoms with van der Waals surface area (Å²) in [5.41, 5.74) is 10.9. The highest BCUT2D eigenvalue weighted by Crippen LogP contribution is 2.20. The lowest BCUT2D eigenvalue weighted by atomic mass is 9.88. The average Bonchev–Trinajstić information content (AvgIpc) is 2.77. The summed E-state index contributed by atoms with van der Waals surface area (Å²) >= 11 is 0. The van der Waals surface area contributed by atoms with E-state index in [4.69, 9.17) is 11.5 Å². The molecule has 0 bridgehead atoms. The van der Waals surface area contributed by atoms with E-state index in [2.05, 4.69) is 0 Å². The number of unbranched alkanes of at least 4 members (excludes halogenated alkanes) is 7. The predicted octanol–water partition coefficient (Wildman–Crippen LogP) is 4.45. The molecule has 0 aliphatic heterocycles. The summed E-state index contributed by atoms with van der Waals surface area (Å²) in [6, 6.07) is 0. The van der Waals surface area contributed by atoms with Gasteiger partial charge in [0, 0.05) is 44.4 Å². The molecule has 0 aromatic rings. The van der Waals surface area contributed by atoms with E-state index >= 15 is 0 Å². The Morgan fingerprint density at radius 2 is 1.13 bits per heavy atom. The fourth-order valence-corrected chi connectivity index (χ4v) is 3.74. The summed E-state index contributed by atoms with van der Waals surface area (Å²) in [5.74, 6) is 0.586. The van der Waals surface area contributed by atoms with E-state index in [9.17, 15) is 19.2 Å². The number of Topliss-reactive ketones (excluding diaryl/α,β-unsaturated/α-hetero) is 4. The van der Waals surface area contributed by atoms with E-state index < -0.39 is 0 Å². The fraction of sp³-hybridized carbons (Fsp3) is 0.840. The summed E-state index contributed by atoms with van der Waals surface area (Å²) in [6.07, 6.45) is 12.8. The molecule has 0 fully saturated rings. The van der Waals surface area contributed by atoms with Gasteiger partial charge in [-0.25, -0.2) is 0 Å². The van der Waals surface area contributed by atoms with Crippen LogP contribution >= 0.6 is 0 Å². The van der Waals surface area contributed by atoms with Gasteiger partial charge in [0.2, 0.25) is 0 Å². The first-order valence-corrected chi connectivity index (χ1v) is 12.4. The number of ketones is 4. The molecule has 1 unspecified atom stereocenters. The fourth-order valence-electron chi connectivity index (χ4n) is 3.74. The van der Waals surface area contributed by atoms with Crippen molar-refractivity contribution in [3.05, 3.63) is 0 Å². The van der Waals surface area contributed by atoms with Crippen molar-refractivity contribution in [2.24, 2.45) is 17.4 Å². The molecule has 4 N–H and O–H groups in total. The molecular weight excluding hydrogens is 392 g/mol. The molecule has 0 aromatic carbocycles. The minimum Gasteiger partial charge on any atom is -0.330 e. The third kappa shape index (κ3) is 17.9. The van der Waals surface area contributed by atoms with Crippen LogP contribution in [0, 0.1) is 5.92 Å². The average molecular weight is 439 g/mol. The van der Waals surface area contributed by atoms with Gasteiger partial charge in [-0.1, -0.05) is 39.0 Å². The standard InChI is InChI=1S/C25H46N2O4/c1-2-22(28)14-7-5-6-10-17-25(31)21(13-11-12-18-26)19-23(29)15-8-3-4-9-16-24(30)20-27/h21H,2-20,26-27H2,1H3. The lowest BCUT2D eigenvalue weighted by Gasteiger charge is -2.15. The second kappa shape index (κ2) is 20.5. The normalized spacial score (nSPS) is 12.0. The number of hydrogen-bond donors (Lipinski definition) is 2. The van der Waals surface area contributed by atoms with Crippen molar-refractivity contribution in [2.75, 3.05) is 13.1 Å². The third-order valence-corrected chi connectivity index (χ3v) is 5.85. The zero-order chi connectivity index (χ0) is 23.3. The zero-order valence-electron chi connectivity index (χ0n) is 19.8.